The van der Waals surface area contributed by atoms with Crippen LogP contribution in [0.3, 0.4) is 0 Å². The lowest BCUT2D eigenvalue weighted by molar-refractivity contribution is -0.0761. The van der Waals surface area contributed by atoms with Crippen LogP contribution in [0.25, 0.3) is 0 Å². The highest BCUT2D eigenvalue weighted by atomic mass is 35.5. The van der Waals surface area contributed by atoms with Crippen LogP contribution in [0.4, 0.5) is 10.5 Å². The monoisotopic (exact) mass is 480 g/mol. The fourth-order valence-corrected chi connectivity index (χ4v) is 10.2. The van der Waals surface area contributed by atoms with Crippen molar-refractivity contribution in [2.45, 2.75) is 63.7 Å². The standard InChI is InChI=1S/C24H37ClN2O4Si/c1-17(2)32(18(3)4,19(5)6)13-10-24(15-31-16-30-12-11-29-7)21-14-20(25)8-9-22(21)26-23(28)27-24/h8-9,14,17-19H,11-12,15-16H2,1-7H3,(H2,26,27,28). The number of benzene rings is 1. The summed E-state index contributed by atoms with van der Waals surface area (Å²) in [5.41, 5.74) is 5.58. The Morgan fingerprint density at radius 3 is 2.31 bits per heavy atom. The second kappa shape index (κ2) is 11.5. The number of methoxy groups -OCH3 is 1. The zero-order valence-electron chi connectivity index (χ0n) is 20.3. The summed E-state index contributed by atoms with van der Waals surface area (Å²) in [6, 6.07) is 5.09. The summed E-state index contributed by atoms with van der Waals surface area (Å²) in [7, 11) is -0.430. The summed E-state index contributed by atoms with van der Waals surface area (Å²) in [5.74, 6) is 3.51. The summed E-state index contributed by atoms with van der Waals surface area (Å²) in [6.45, 7) is 14.7. The van der Waals surface area contributed by atoms with Crippen molar-refractivity contribution >= 4 is 31.4 Å². The van der Waals surface area contributed by atoms with E-state index in [1.807, 2.05) is 6.07 Å². The molecule has 6 nitrogen and oxygen atoms in total. The van der Waals surface area contributed by atoms with E-state index in [9.17, 15) is 4.79 Å². The fourth-order valence-electron chi connectivity index (χ4n) is 4.74. The first-order valence-corrected chi connectivity index (χ1v) is 13.8. The number of hydrogen-bond donors (Lipinski definition) is 2. The van der Waals surface area contributed by atoms with Gasteiger partial charge in [0.05, 0.1) is 19.8 Å². The Kier molecular flexibility index (Phi) is 9.62. The molecule has 1 unspecified atom stereocenters. The van der Waals surface area contributed by atoms with E-state index in [4.69, 9.17) is 25.8 Å². The van der Waals surface area contributed by atoms with Crippen molar-refractivity contribution in [3.05, 3.63) is 28.8 Å². The molecular weight excluding hydrogens is 444 g/mol. The molecule has 1 aromatic rings. The predicted octanol–water partition coefficient (Wildman–Crippen LogP) is 5.53. The Morgan fingerprint density at radius 2 is 1.72 bits per heavy atom. The van der Waals surface area contributed by atoms with Gasteiger partial charge < -0.3 is 24.8 Å². The molecule has 0 radical (unpaired) electrons. The summed E-state index contributed by atoms with van der Waals surface area (Å²) >= 11 is 6.34. The number of hydrogen-bond acceptors (Lipinski definition) is 4. The van der Waals surface area contributed by atoms with Gasteiger partial charge in [0.2, 0.25) is 0 Å². The second-order valence-corrected chi connectivity index (χ2v) is 15.2. The molecule has 1 aliphatic heterocycles. The van der Waals surface area contributed by atoms with Gasteiger partial charge in [0.15, 0.2) is 5.54 Å². The van der Waals surface area contributed by atoms with Crippen molar-refractivity contribution in [1.82, 2.24) is 5.32 Å². The van der Waals surface area contributed by atoms with Gasteiger partial charge in [0, 0.05) is 23.4 Å². The number of urea groups is 1. The number of rotatable bonds is 10. The minimum atomic E-state index is -2.05. The minimum Gasteiger partial charge on any atom is -0.382 e. The number of halogens is 1. The Hall–Kier alpha value is -1.56. The van der Waals surface area contributed by atoms with Crippen molar-refractivity contribution in [3.8, 4) is 11.5 Å². The Balaban J connectivity index is 2.53. The molecule has 0 saturated heterocycles. The first-order chi connectivity index (χ1) is 15.1. The van der Waals surface area contributed by atoms with Crippen LogP contribution < -0.4 is 10.6 Å². The third-order valence-electron chi connectivity index (χ3n) is 6.29. The average molecular weight is 481 g/mol. The van der Waals surface area contributed by atoms with Crippen molar-refractivity contribution in [2.75, 3.05) is 39.0 Å². The largest absolute Gasteiger partial charge is 0.382 e. The average Bonchev–Trinajstić information content (AvgIpc) is 2.70. The van der Waals surface area contributed by atoms with Crippen LogP contribution in [0.2, 0.25) is 21.6 Å². The van der Waals surface area contributed by atoms with Gasteiger partial charge in [-0.15, -0.1) is 5.54 Å². The Morgan fingerprint density at radius 1 is 1.06 bits per heavy atom. The molecule has 1 aliphatic rings. The van der Waals surface area contributed by atoms with E-state index in [2.05, 4.69) is 63.6 Å². The van der Waals surface area contributed by atoms with Crippen molar-refractivity contribution in [2.24, 2.45) is 0 Å². The molecule has 2 rings (SSSR count). The number of ether oxygens (including phenoxy) is 3. The first-order valence-electron chi connectivity index (χ1n) is 11.2. The number of anilines is 1. The third-order valence-corrected chi connectivity index (χ3v) is 12.8. The molecule has 0 aliphatic carbocycles. The molecule has 0 bridgehead atoms. The summed E-state index contributed by atoms with van der Waals surface area (Å²) in [5, 5.41) is 6.47. The van der Waals surface area contributed by atoms with Gasteiger partial charge >= 0.3 is 6.03 Å². The fraction of sp³-hybridized carbons (Fsp3) is 0.625. The maximum absolute atomic E-state index is 12.6. The van der Waals surface area contributed by atoms with Gasteiger partial charge in [-0.3, -0.25) is 0 Å². The number of fused-ring (bicyclic) bond motifs is 1. The molecule has 0 spiro atoms. The van der Waals surface area contributed by atoms with Crippen LogP contribution in [0.15, 0.2) is 18.2 Å². The second-order valence-electron chi connectivity index (χ2n) is 9.19. The zero-order chi connectivity index (χ0) is 23.9. The number of carbonyl (C=O) groups is 1. The molecule has 1 atom stereocenters. The quantitative estimate of drug-likeness (QED) is 0.200. The van der Waals surface area contributed by atoms with Crippen LogP contribution in [-0.4, -0.2) is 47.8 Å². The molecular formula is C24H37ClN2O4Si. The van der Waals surface area contributed by atoms with Crippen molar-refractivity contribution < 1.29 is 19.0 Å². The Labute approximate surface area is 198 Å². The minimum absolute atomic E-state index is 0.0765. The maximum Gasteiger partial charge on any atom is 0.320 e. The number of nitrogens with one attached hydrogen (secondary N) is 2. The molecule has 8 heteroatoms. The smallest absolute Gasteiger partial charge is 0.320 e. The topological polar surface area (TPSA) is 68.8 Å². The number of amides is 2. The van der Waals surface area contributed by atoms with E-state index in [1.165, 1.54) is 0 Å². The van der Waals surface area contributed by atoms with Crippen molar-refractivity contribution in [1.29, 1.82) is 0 Å². The van der Waals surface area contributed by atoms with Gasteiger partial charge in [-0.25, -0.2) is 4.79 Å². The Bertz CT molecular complexity index is 828. The molecule has 32 heavy (non-hydrogen) atoms. The van der Waals surface area contributed by atoms with Crippen LogP contribution in [0.1, 0.15) is 47.1 Å². The number of carbonyl (C=O) groups excluding carboxylic acids is 1. The lowest BCUT2D eigenvalue weighted by Gasteiger charge is -2.40. The van der Waals surface area contributed by atoms with Gasteiger partial charge in [0.25, 0.3) is 0 Å². The van der Waals surface area contributed by atoms with E-state index in [-0.39, 0.29) is 19.4 Å². The maximum atomic E-state index is 12.6. The highest BCUT2D eigenvalue weighted by molar-refractivity contribution is 6.90. The van der Waals surface area contributed by atoms with E-state index < -0.39 is 13.6 Å². The highest BCUT2D eigenvalue weighted by Gasteiger charge is 2.44. The van der Waals surface area contributed by atoms with E-state index in [0.29, 0.717) is 40.5 Å². The molecule has 178 valence electrons. The summed E-state index contributed by atoms with van der Waals surface area (Å²) in [4.78, 5) is 12.6. The van der Waals surface area contributed by atoms with Crippen molar-refractivity contribution in [3.63, 3.8) is 0 Å². The molecule has 1 heterocycles. The van der Waals surface area contributed by atoms with Crippen LogP contribution in [0.5, 0.6) is 0 Å². The molecule has 0 aromatic heterocycles. The van der Waals surface area contributed by atoms with Gasteiger partial charge in [-0.1, -0.05) is 59.1 Å². The third kappa shape index (κ3) is 5.86. The van der Waals surface area contributed by atoms with Crippen LogP contribution in [0, 0.1) is 11.5 Å². The molecule has 2 amide bonds. The first kappa shape index (κ1) is 26.7. The highest BCUT2D eigenvalue weighted by Crippen LogP contribution is 2.42. The molecule has 0 saturated carbocycles. The van der Waals surface area contributed by atoms with Gasteiger partial charge in [0.1, 0.15) is 14.9 Å². The van der Waals surface area contributed by atoms with E-state index >= 15 is 0 Å². The lowest BCUT2D eigenvalue weighted by atomic mass is 9.88. The van der Waals surface area contributed by atoms with E-state index in [0.717, 1.165) is 5.56 Å². The zero-order valence-corrected chi connectivity index (χ0v) is 22.1. The normalized spacial score (nSPS) is 18.3. The molecule has 2 N–H and O–H groups in total. The van der Waals surface area contributed by atoms with Crippen LogP contribution >= 0.6 is 11.6 Å². The molecule has 0 fully saturated rings. The predicted molar refractivity (Wildman–Crippen MR) is 133 cm³/mol. The SMILES string of the molecule is COCCOCOCC1(C#C[Si](C(C)C)(C(C)C)C(C)C)NC(=O)Nc2ccc(Cl)cc21. The molecule has 1 aromatic carbocycles. The van der Waals surface area contributed by atoms with Gasteiger partial charge in [-0.05, 0) is 34.8 Å². The lowest BCUT2D eigenvalue weighted by Crippen LogP contribution is -2.54. The van der Waals surface area contributed by atoms with E-state index in [1.54, 1.807) is 19.2 Å². The van der Waals surface area contributed by atoms with Gasteiger partial charge in [-0.2, -0.15) is 0 Å². The van der Waals surface area contributed by atoms with Crippen LogP contribution in [-0.2, 0) is 19.7 Å². The summed E-state index contributed by atoms with van der Waals surface area (Å²) in [6.07, 6.45) is 0. The summed E-state index contributed by atoms with van der Waals surface area (Å²) < 4.78 is 16.3.